The summed E-state index contributed by atoms with van der Waals surface area (Å²) in [5, 5.41) is 3.94. The third kappa shape index (κ3) is 5.42. The number of carbonyl (C=O) groups excluding carboxylic acids is 2. The first kappa shape index (κ1) is 25.8. The molecule has 0 bridgehead atoms. The summed E-state index contributed by atoms with van der Waals surface area (Å²) in [7, 11) is 0. The zero-order valence-electron chi connectivity index (χ0n) is 20.4. The van der Waals surface area contributed by atoms with E-state index in [1.807, 2.05) is 75.4 Å². The van der Waals surface area contributed by atoms with Crippen LogP contribution in [-0.2, 0) is 9.53 Å². The predicted octanol–water partition coefficient (Wildman–Crippen LogP) is 6.19. The Morgan fingerprint density at radius 2 is 1.67 bits per heavy atom. The van der Waals surface area contributed by atoms with Crippen LogP contribution in [0.4, 0.5) is 5.69 Å². The maximum Gasteiger partial charge on any atom is 0.338 e. The molecule has 0 radical (unpaired) electrons. The van der Waals surface area contributed by atoms with Crippen LogP contribution in [0.25, 0.3) is 11.1 Å². The van der Waals surface area contributed by atoms with Crippen molar-refractivity contribution in [2.45, 2.75) is 32.8 Å². The molecule has 0 atom stereocenters. The largest absolute Gasteiger partial charge is 0.456 e. The zero-order valence-corrected chi connectivity index (χ0v) is 22.0. The van der Waals surface area contributed by atoms with Crippen molar-refractivity contribution in [3.05, 3.63) is 88.5 Å². The molecule has 6 nitrogen and oxygen atoms in total. The second kappa shape index (κ2) is 10.4. The van der Waals surface area contributed by atoms with Crippen LogP contribution in [0.15, 0.2) is 87.9 Å². The molecule has 36 heavy (non-hydrogen) atoms. The Morgan fingerprint density at radius 1 is 1.03 bits per heavy atom. The molecule has 1 aliphatic carbocycles. The van der Waals surface area contributed by atoms with E-state index in [-0.39, 0.29) is 24.3 Å². The number of amides is 1. The Morgan fingerprint density at radius 3 is 2.25 bits per heavy atom. The number of esters is 1. The number of anilines is 1. The summed E-state index contributed by atoms with van der Waals surface area (Å²) >= 11 is 1.45. The minimum Gasteiger partial charge on any atom is -0.456 e. The fourth-order valence-electron chi connectivity index (χ4n) is 4.00. The van der Waals surface area contributed by atoms with Crippen molar-refractivity contribution >= 4 is 46.9 Å². The average molecular weight is 522 g/mol. The summed E-state index contributed by atoms with van der Waals surface area (Å²) in [6.07, 6.45) is 7.03. The standard InChI is InChI=1S/C28H27N3O3S.ClH/c1-28(2,3)34-26(33)21-10-8-18(9-11-21)19-12-14-22(15-13-19)30-25(32)24-23(20-6-4-7-20)31-17-5-16-29-27(31)35-24;/h4,6-15H,5,16-17H2,1-3H3,(H,30,32);1H. The second-order valence-corrected chi connectivity index (χ2v) is 10.5. The first-order chi connectivity index (χ1) is 16.8. The van der Waals surface area contributed by atoms with E-state index < -0.39 is 5.60 Å². The number of amidine groups is 1. The molecule has 8 heteroatoms. The van der Waals surface area contributed by atoms with E-state index in [0.717, 1.165) is 52.8 Å². The molecule has 3 aliphatic rings. The van der Waals surface area contributed by atoms with Crippen molar-refractivity contribution in [2.75, 3.05) is 18.4 Å². The number of fused-ring (bicyclic) bond motifs is 1. The van der Waals surface area contributed by atoms with Gasteiger partial charge in [-0.1, -0.05) is 42.5 Å². The number of aliphatic imine (C=N–C) groups is 1. The molecule has 2 aromatic rings. The van der Waals surface area contributed by atoms with Crippen molar-refractivity contribution < 1.29 is 14.3 Å². The Labute approximate surface area is 221 Å². The van der Waals surface area contributed by atoms with Gasteiger partial charge in [0.1, 0.15) is 10.5 Å². The molecule has 0 saturated carbocycles. The van der Waals surface area contributed by atoms with E-state index in [1.54, 1.807) is 12.1 Å². The summed E-state index contributed by atoms with van der Waals surface area (Å²) in [5.74, 6) is -0.464. The van der Waals surface area contributed by atoms with Crippen LogP contribution in [-0.4, -0.2) is 40.6 Å². The lowest BCUT2D eigenvalue weighted by Gasteiger charge is -2.26. The van der Waals surface area contributed by atoms with Crippen LogP contribution in [0.3, 0.4) is 0 Å². The number of hydrogen-bond donors (Lipinski definition) is 1. The van der Waals surface area contributed by atoms with Gasteiger partial charge in [0.25, 0.3) is 5.91 Å². The van der Waals surface area contributed by atoms with Gasteiger partial charge in [0.15, 0.2) is 5.17 Å². The smallest absolute Gasteiger partial charge is 0.338 e. The molecule has 0 fully saturated rings. The third-order valence-electron chi connectivity index (χ3n) is 5.72. The van der Waals surface area contributed by atoms with Crippen molar-refractivity contribution in [2.24, 2.45) is 4.99 Å². The number of ether oxygens (including phenoxy) is 1. The molecule has 0 spiro atoms. The van der Waals surface area contributed by atoms with E-state index in [4.69, 9.17) is 4.74 Å². The quantitative estimate of drug-likeness (QED) is 0.475. The number of carbonyl (C=O) groups is 2. The summed E-state index contributed by atoms with van der Waals surface area (Å²) in [5.41, 5.74) is 4.70. The molecule has 2 aliphatic heterocycles. The van der Waals surface area contributed by atoms with Gasteiger partial charge in [-0.05, 0) is 79.9 Å². The van der Waals surface area contributed by atoms with Crippen LogP contribution in [0.1, 0.15) is 37.6 Å². The number of benzene rings is 2. The van der Waals surface area contributed by atoms with Gasteiger partial charge in [0.2, 0.25) is 0 Å². The molecule has 186 valence electrons. The minimum absolute atomic E-state index is 0. The maximum absolute atomic E-state index is 13.2. The summed E-state index contributed by atoms with van der Waals surface area (Å²) in [4.78, 5) is 32.9. The second-order valence-electron chi connectivity index (χ2n) is 9.54. The Balaban J connectivity index is 0.00000304. The number of nitrogens with zero attached hydrogens (tertiary/aromatic N) is 2. The van der Waals surface area contributed by atoms with E-state index in [0.29, 0.717) is 10.5 Å². The van der Waals surface area contributed by atoms with Gasteiger partial charge in [-0.15, -0.1) is 12.4 Å². The monoisotopic (exact) mass is 521 g/mol. The minimum atomic E-state index is -0.530. The van der Waals surface area contributed by atoms with Gasteiger partial charge >= 0.3 is 5.97 Å². The predicted molar refractivity (Wildman–Crippen MR) is 148 cm³/mol. The summed E-state index contributed by atoms with van der Waals surface area (Å²) in [6.45, 7) is 7.23. The van der Waals surface area contributed by atoms with Gasteiger partial charge in [-0.25, -0.2) is 4.79 Å². The van der Waals surface area contributed by atoms with E-state index in [9.17, 15) is 9.59 Å². The summed E-state index contributed by atoms with van der Waals surface area (Å²) < 4.78 is 5.43. The van der Waals surface area contributed by atoms with Gasteiger partial charge in [0, 0.05) is 18.8 Å². The Kier molecular flexibility index (Phi) is 7.43. The van der Waals surface area contributed by atoms with Crippen LogP contribution in [0.2, 0.25) is 0 Å². The molecular formula is C28H28ClN3O3S. The summed E-state index contributed by atoms with van der Waals surface area (Å²) in [6, 6.07) is 15.0. The highest BCUT2D eigenvalue weighted by molar-refractivity contribution is 8.18. The zero-order chi connectivity index (χ0) is 24.6. The van der Waals surface area contributed by atoms with Crippen LogP contribution < -0.4 is 5.32 Å². The molecule has 2 aromatic carbocycles. The fourth-order valence-corrected chi connectivity index (χ4v) is 5.10. The Hall–Kier alpha value is -3.29. The molecule has 0 saturated heterocycles. The number of thioether (sulfide) groups is 1. The average Bonchev–Trinajstić information content (AvgIpc) is 3.17. The molecular weight excluding hydrogens is 494 g/mol. The highest BCUT2D eigenvalue weighted by Gasteiger charge is 2.36. The van der Waals surface area contributed by atoms with Crippen molar-refractivity contribution in [3.63, 3.8) is 0 Å². The van der Waals surface area contributed by atoms with Crippen LogP contribution >= 0.6 is 24.2 Å². The Bertz CT molecular complexity index is 1300. The number of hydrogen-bond acceptors (Lipinski definition) is 6. The molecule has 0 aromatic heterocycles. The first-order valence-corrected chi connectivity index (χ1v) is 12.5. The number of rotatable bonds is 5. The number of halogens is 1. The van der Waals surface area contributed by atoms with Crippen LogP contribution in [0.5, 0.6) is 0 Å². The molecule has 1 N–H and O–H groups in total. The number of allylic oxidation sites excluding steroid dienone is 3. The highest BCUT2D eigenvalue weighted by atomic mass is 35.5. The van der Waals surface area contributed by atoms with Crippen molar-refractivity contribution in [1.29, 1.82) is 0 Å². The molecule has 1 amide bonds. The highest BCUT2D eigenvalue weighted by Crippen LogP contribution is 2.41. The SMILES string of the molecule is CC(C)(C)OC(=O)c1ccc(-c2ccc(NC(=O)C3=C(C4=CC=C4)N4CCCN=C4S3)cc2)cc1.Cl. The molecule has 5 rings (SSSR count). The lowest BCUT2D eigenvalue weighted by molar-refractivity contribution is -0.112. The lowest BCUT2D eigenvalue weighted by Crippen LogP contribution is -2.30. The molecule has 2 heterocycles. The first-order valence-electron chi connectivity index (χ1n) is 11.7. The van der Waals surface area contributed by atoms with Gasteiger partial charge < -0.3 is 15.0 Å². The van der Waals surface area contributed by atoms with Crippen LogP contribution in [0, 0.1) is 0 Å². The fraction of sp³-hybridized carbons (Fsp3) is 0.250. The van der Waals surface area contributed by atoms with E-state index in [2.05, 4.69) is 15.2 Å². The van der Waals surface area contributed by atoms with Gasteiger partial charge in [0.05, 0.1) is 11.3 Å². The normalized spacial score (nSPS) is 16.4. The van der Waals surface area contributed by atoms with Gasteiger partial charge in [-0.2, -0.15) is 0 Å². The third-order valence-corrected chi connectivity index (χ3v) is 6.84. The topological polar surface area (TPSA) is 71.0 Å². The van der Waals surface area contributed by atoms with Crippen molar-refractivity contribution in [3.8, 4) is 11.1 Å². The van der Waals surface area contributed by atoms with Gasteiger partial charge in [-0.3, -0.25) is 9.79 Å². The lowest BCUT2D eigenvalue weighted by atomic mass is 10.0. The van der Waals surface area contributed by atoms with Crippen molar-refractivity contribution in [1.82, 2.24) is 4.90 Å². The maximum atomic E-state index is 13.2. The van der Waals surface area contributed by atoms with E-state index in [1.165, 1.54) is 11.8 Å². The van der Waals surface area contributed by atoms with E-state index >= 15 is 0 Å². The molecule has 0 unspecified atom stereocenters. The number of nitrogens with one attached hydrogen (secondary N) is 1.